The first-order valence-electron chi connectivity index (χ1n) is 12.5. The van der Waals surface area contributed by atoms with E-state index in [0.29, 0.717) is 18.0 Å². The van der Waals surface area contributed by atoms with Crippen molar-refractivity contribution >= 4 is 21.6 Å². The Morgan fingerprint density at radius 3 is 2.39 bits per heavy atom. The fourth-order valence-corrected chi connectivity index (χ4v) is 5.59. The highest BCUT2D eigenvalue weighted by Gasteiger charge is 2.27. The van der Waals surface area contributed by atoms with E-state index in [-0.39, 0.29) is 11.4 Å². The smallest absolute Gasteiger partial charge is 0.264 e. The van der Waals surface area contributed by atoms with E-state index in [4.69, 9.17) is 9.47 Å². The van der Waals surface area contributed by atoms with Crippen LogP contribution in [0.5, 0.6) is 5.75 Å². The molecule has 38 heavy (non-hydrogen) atoms. The molecule has 1 N–H and O–H groups in total. The molecule has 10 heteroatoms. The minimum Gasteiger partial charge on any atom is -0.494 e. The summed E-state index contributed by atoms with van der Waals surface area (Å²) < 4.78 is 52.3. The van der Waals surface area contributed by atoms with Crippen LogP contribution < -0.4 is 14.4 Å². The number of ether oxygens (including phenoxy) is 2. The maximum atomic E-state index is 13.5. The van der Waals surface area contributed by atoms with Gasteiger partial charge in [-0.3, -0.25) is 14.0 Å². The maximum absolute atomic E-state index is 13.5. The van der Waals surface area contributed by atoms with Crippen molar-refractivity contribution in [3.63, 3.8) is 0 Å². The average Bonchev–Trinajstić information content (AvgIpc) is 2.92. The van der Waals surface area contributed by atoms with Gasteiger partial charge in [0, 0.05) is 26.2 Å². The summed E-state index contributed by atoms with van der Waals surface area (Å²) in [6.07, 6.45) is 0. The van der Waals surface area contributed by atoms with E-state index in [1.807, 2.05) is 31.2 Å². The number of carbonyl (C=O) groups excluding carboxylic acids is 1. The van der Waals surface area contributed by atoms with Gasteiger partial charge in [-0.25, -0.2) is 12.8 Å². The van der Waals surface area contributed by atoms with Crippen LogP contribution in [0.2, 0.25) is 0 Å². The zero-order chi connectivity index (χ0) is 27.0. The number of nitrogens with zero attached hydrogens (tertiary/aromatic N) is 2. The SMILES string of the molecule is CCOc1ccc(N(CC(=O)NCc2cccc(CN3CCOCC3)c2)S(=O)(=O)c2ccc(F)cc2)cc1. The number of hydrogen-bond donors (Lipinski definition) is 1. The first kappa shape index (κ1) is 27.6. The summed E-state index contributed by atoms with van der Waals surface area (Å²) in [6.45, 7) is 6.13. The maximum Gasteiger partial charge on any atom is 0.264 e. The molecular formula is C28H32FN3O5S. The highest BCUT2D eigenvalue weighted by atomic mass is 32.2. The molecule has 0 aliphatic carbocycles. The van der Waals surface area contributed by atoms with Gasteiger partial charge in [0.15, 0.2) is 0 Å². The van der Waals surface area contributed by atoms with Gasteiger partial charge in [-0.2, -0.15) is 0 Å². The molecule has 1 amide bonds. The molecule has 0 radical (unpaired) electrons. The van der Waals surface area contributed by atoms with Crippen molar-refractivity contribution in [2.45, 2.75) is 24.9 Å². The predicted molar refractivity (Wildman–Crippen MR) is 143 cm³/mol. The molecule has 3 aromatic rings. The van der Waals surface area contributed by atoms with Crippen molar-refractivity contribution in [1.82, 2.24) is 10.2 Å². The van der Waals surface area contributed by atoms with Gasteiger partial charge >= 0.3 is 0 Å². The molecule has 8 nitrogen and oxygen atoms in total. The molecule has 0 aromatic heterocycles. The van der Waals surface area contributed by atoms with Crippen LogP contribution >= 0.6 is 0 Å². The number of amides is 1. The monoisotopic (exact) mass is 541 g/mol. The predicted octanol–water partition coefficient (Wildman–Crippen LogP) is 3.57. The molecule has 1 aliphatic rings. The fraction of sp³-hybridized carbons (Fsp3) is 0.321. The van der Waals surface area contributed by atoms with Gasteiger partial charge < -0.3 is 14.8 Å². The van der Waals surface area contributed by atoms with Crippen molar-refractivity contribution in [3.05, 3.63) is 89.7 Å². The largest absolute Gasteiger partial charge is 0.494 e. The van der Waals surface area contributed by atoms with Crippen LogP contribution in [0, 0.1) is 5.82 Å². The van der Waals surface area contributed by atoms with Crippen molar-refractivity contribution in [2.24, 2.45) is 0 Å². The van der Waals surface area contributed by atoms with Crippen LogP contribution in [0.25, 0.3) is 0 Å². The molecule has 4 rings (SSSR count). The Morgan fingerprint density at radius 2 is 1.71 bits per heavy atom. The van der Waals surface area contributed by atoms with Gasteiger partial charge in [0.05, 0.1) is 30.4 Å². The number of anilines is 1. The van der Waals surface area contributed by atoms with Gasteiger partial charge in [-0.15, -0.1) is 0 Å². The van der Waals surface area contributed by atoms with Crippen LogP contribution in [0.1, 0.15) is 18.1 Å². The first-order chi connectivity index (χ1) is 18.3. The molecule has 202 valence electrons. The lowest BCUT2D eigenvalue weighted by Gasteiger charge is -2.26. The number of rotatable bonds is 11. The van der Waals surface area contributed by atoms with Gasteiger partial charge in [-0.05, 0) is 66.6 Å². The molecule has 1 aliphatic heterocycles. The molecule has 0 atom stereocenters. The van der Waals surface area contributed by atoms with E-state index in [0.717, 1.165) is 60.4 Å². The minimum atomic E-state index is -4.15. The molecular weight excluding hydrogens is 509 g/mol. The number of halogens is 1. The highest BCUT2D eigenvalue weighted by Crippen LogP contribution is 2.26. The molecule has 0 unspecified atom stereocenters. The molecule has 0 spiro atoms. The third-order valence-corrected chi connectivity index (χ3v) is 7.90. The normalized spacial score (nSPS) is 14.2. The van der Waals surface area contributed by atoms with E-state index in [9.17, 15) is 17.6 Å². The highest BCUT2D eigenvalue weighted by molar-refractivity contribution is 7.92. The van der Waals surface area contributed by atoms with Crippen LogP contribution in [-0.4, -0.2) is 58.7 Å². The van der Waals surface area contributed by atoms with Gasteiger partial charge in [-0.1, -0.05) is 24.3 Å². The Morgan fingerprint density at radius 1 is 1.03 bits per heavy atom. The first-order valence-corrected chi connectivity index (χ1v) is 13.9. The van der Waals surface area contributed by atoms with E-state index in [1.165, 1.54) is 12.1 Å². The lowest BCUT2D eigenvalue weighted by molar-refractivity contribution is -0.119. The molecule has 1 fully saturated rings. The summed E-state index contributed by atoms with van der Waals surface area (Å²) in [6, 6.07) is 18.9. The fourth-order valence-electron chi connectivity index (χ4n) is 4.17. The van der Waals surface area contributed by atoms with E-state index in [1.54, 1.807) is 24.3 Å². The van der Waals surface area contributed by atoms with E-state index < -0.39 is 28.3 Å². The number of benzene rings is 3. The third-order valence-electron chi connectivity index (χ3n) is 6.12. The number of carbonyl (C=O) groups is 1. The molecule has 1 saturated heterocycles. The summed E-state index contributed by atoms with van der Waals surface area (Å²) in [5.41, 5.74) is 2.34. The Bertz CT molecular complexity index is 1310. The van der Waals surface area contributed by atoms with Gasteiger partial charge in [0.1, 0.15) is 18.1 Å². The quantitative estimate of drug-likeness (QED) is 0.399. The number of morpholine rings is 1. The lowest BCUT2D eigenvalue weighted by atomic mass is 10.1. The van der Waals surface area contributed by atoms with Crippen LogP contribution in [0.3, 0.4) is 0 Å². The summed E-state index contributed by atoms with van der Waals surface area (Å²) in [5, 5.41) is 2.83. The molecule has 1 heterocycles. The third kappa shape index (κ3) is 7.31. The topological polar surface area (TPSA) is 88.2 Å². The second kappa shape index (κ2) is 12.9. The van der Waals surface area contributed by atoms with E-state index >= 15 is 0 Å². The van der Waals surface area contributed by atoms with Crippen LogP contribution in [0.4, 0.5) is 10.1 Å². The van der Waals surface area contributed by atoms with Gasteiger partial charge in [0.2, 0.25) is 5.91 Å². The summed E-state index contributed by atoms with van der Waals surface area (Å²) >= 11 is 0. The van der Waals surface area contributed by atoms with Crippen molar-refractivity contribution in [1.29, 1.82) is 0 Å². The van der Waals surface area contributed by atoms with Crippen LogP contribution in [0.15, 0.2) is 77.7 Å². The van der Waals surface area contributed by atoms with Crippen molar-refractivity contribution in [3.8, 4) is 5.75 Å². The minimum absolute atomic E-state index is 0.114. The summed E-state index contributed by atoms with van der Waals surface area (Å²) in [7, 11) is -4.15. The Hall–Kier alpha value is -3.47. The second-order valence-corrected chi connectivity index (χ2v) is 10.7. The number of hydrogen-bond acceptors (Lipinski definition) is 6. The van der Waals surface area contributed by atoms with Crippen molar-refractivity contribution < 1.29 is 27.1 Å². The molecule has 3 aromatic carbocycles. The standard InChI is InChI=1S/C28H32FN3O5S/c1-2-37-26-10-8-25(9-11-26)32(38(34,35)27-12-6-24(29)7-13-27)21-28(33)30-19-22-4-3-5-23(18-22)20-31-14-16-36-17-15-31/h3-13,18H,2,14-17,19-21H2,1H3,(H,30,33). The Labute approximate surface area is 223 Å². The lowest BCUT2D eigenvalue weighted by Crippen LogP contribution is -2.40. The number of sulfonamides is 1. The zero-order valence-corrected chi connectivity index (χ0v) is 22.1. The number of nitrogens with one attached hydrogen (secondary N) is 1. The zero-order valence-electron chi connectivity index (χ0n) is 21.3. The molecule has 0 bridgehead atoms. The van der Waals surface area contributed by atoms with Gasteiger partial charge in [0.25, 0.3) is 10.0 Å². The molecule has 0 saturated carbocycles. The Kier molecular flexibility index (Phi) is 9.33. The van der Waals surface area contributed by atoms with E-state index in [2.05, 4.69) is 10.2 Å². The average molecular weight is 542 g/mol. The van der Waals surface area contributed by atoms with Crippen molar-refractivity contribution in [2.75, 3.05) is 43.8 Å². The summed E-state index contributed by atoms with van der Waals surface area (Å²) in [5.74, 6) is -0.440. The summed E-state index contributed by atoms with van der Waals surface area (Å²) in [4.78, 5) is 15.2. The van der Waals surface area contributed by atoms with Crippen LogP contribution in [-0.2, 0) is 32.6 Å². The second-order valence-electron chi connectivity index (χ2n) is 8.88. The Balaban J connectivity index is 1.47.